The van der Waals surface area contributed by atoms with Crippen LogP contribution in [-0.2, 0) is 52.2 Å². The number of benzene rings is 6. The van der Waals surface area contributed by atoms with Gasteiger partial charge >= 0.3 is 11.7 Å². The summed E-state index contributed by atoms with van der Waals surface area (Å²) in [5, 5.41) is 20.2. The minimum Gasteiger partial charge on any atom is -0.351 e. The molecular formula is C43H39N9O10S4. The third-order valence-corrected chi connectivity index (χ3v) is 14.6. The molecule has 0 aliphatic carbocycles. The Kier molecular flexibility index (Phi) is 12.6. The lowest BCUT2D eigenvalue weighted by Crippen LogP contribution is -2.20. The molecule has 4 N–H and O–H groups in total. The second-order valence-corrected chi connectivity index (χ2v) is 23.3. The van der Waals surface area contributed by atoms with E-state index in [1.165, 1.54) is 72.8 Å². The molecule has 6 aromatic carbocycles. The fourth-order valence-corrected chi connectivity index (χ4v) is 10.8. The molecule has 0 bridgehead atoms. The number of amides is 2. The summed E-state index contributed by atoms with van der Waals surface area (Å²) in [4.78, 5) is 35.6. The Balaban J connectivity index is 1.13. The maximum absolute atomic E-state index is 12.8. The van der Waals surface area contributed by atoms with Crippen molar-refractivity contribution in [2.45, 2.75) is 39.3 Å². The van der Waals surface area contributed by atoms with E-state index in [-0.39, 0.29) is 88.4 Å². The molecule has 0 radical (unpaired) electrons. The maximum atomic E-state index is 12.8. The number of anilines is 1. The smallest absolute Gasteiger partial charge is 0.348 e. The molecule has 7 aromatic rings. The summed E-state index contributed by atoms with van der Waals surface area (Å²) in [5.41, 5.74) is 7.54. The summed E-state index contributed by atoms with van der Waals surface area (Å²) in [6.45, 7) is 1.78. The topological polar surface area (TPSA) is 300 Å². The van der Waals surface area contributed by atoms with Gasteiger partial charge in [-0.15, -0.1) is 5.11 Å². The highest BCUT2D eigenvalue weighted by Gasteiger charge is 2.21. The number of azo groups is 2. The highest BCUT2D eigenvalue weighted by molar-refractivity contribution is 7.92. The monoisotopic (exact) mass is 969 g/mol. The molecule has 2 amide bonds. The van der Waals surface area contributed by atoms with Crippen LogP contribution in [0, 0.1) is 6.92 Å². The van der Waals surface area contributed by atoms with Gasteiger partial charge < -0.3 is 11.1 Å². The van der Waals surface area contributed by atoms with Crippen molar-refractivity contribution in [1.29, 1.82) is 0 Å². The molecule has 0 fully saturated rings. The third kappa shape index (κ3) is 10.7. The summed E-state index contributed by atoms with van der Waals surface area (Å²) in [6.07, 6.45) is 4.26. The Morgan fingerprint density at radius 2 is 1.06 bits per heavy atom. The number of aromatic amines is 1. The van der Waals surface area contributed by atoms with Crippen molar-refractivity contribution in [3.05, 3.63) is 136 Å². The zero-order valence-corrected chi connectivity index (χ0v) is 38.9. The van der Waals surface area contributed by atoms with Crippen LogP contribution in [0.5, 0.6) is 0 Å². The molecule has 1 aromatic heterocycles. The molecule has 0 aliphatic rings. The Bertz CT molecular complexity index is 3760. The van der Waals surface area contributed by atoms with Gasteiger partial charge in [-0.1, -0.05) is 42.5 Å². The quantitative estimate of drug-likeness (QED) is 0.0995. The van der Waals surface area contributed by atoms with Gasteiger partial charge in [-0.3, -0.25) is 4.98 Å². The first-order valence-corrected chi connectivity index (χ1v) is 26.9. The van der Waals surface area contributed by atoms with Crippen LogP contribution in [0.3, 0.4) is 0 Å². The lowest BCUT2D eigenvalue weighted by Gasteiger charge is -2.11. The minimum atomic E-state index is -3.85. The molecule has 0 unspecified atom stereocenters. The number of carbonyl (C=O) groups is 1. The summed E-state index contributed by atoms with van der Waals surface area (Å²) in [7, 11) is -15.1. The molecular weight excluding hydrogens is 931 g/mol. The van der Waals surface area contributed by atoms with Crippen LogP contribution >= 0.6 is 0 Å². The maximum Gasteiger partial charge on any atom is 0.348 e. The van der Waals surface area contributed by atoms with Crippen molar-refractivity contribution in [3.63, 3.8) is 0 Å². The predicted molar refractivity (Wildman–Crippen MR) is 248 cm³/mol. The number of aryl methyl sites for hydroxylation is 1. The highest BCUT2D eigenvalue weighted by atomic mass is 32.2. The number of nitrogens with one attached hydrogen (secondary N) is 2. The lowest BCUT2D eigenvalue weighted by molar-refractivity contribution is 0.259. The number of carbonyl (C=O) groups excluding carboxylic acids is 1. The minimum absolute atomic E-state index is 0.0180. The van der Waals surface area contributed by atoms with E-state index >= 15 is 0 Å². The Morgan fingerprint density at radius 3 is 1.55 bits per heavy atom. The fourth-order valence-electron chi connectivity index (χ4n) is 7.19. The van der Waals surface area contributed by atoms with Crippen LogP contribution < -0.4 is 16.7 Å². The van der Waals surface area contributed by atoms with Crippen LogP contribution in [0.2, 0.25) is 0 Å². The standard InChI is InChI=1S/C43H39N9O10S4/c1-24-16-25(12-14-33(24)51-49-27-20-31-29(38(22-27)65(4,59)60)8-6-10-36(31)63(2,55)56)18-40-46-41(48-43(54)47-40)19-26-13-15-34(35(17-26)45-42(44)53)52-50-28-21-32-30(39(23-28)66(5,61)62)9-7-11-37(32)64(3,57)58/h6-17,20-23H,18-19H2,1-5H3,(H3,44,45,53)(H,46,47,48,54). The molecule has 0 saturated heterocycles. The molecule has 0 saturated carbocycles. The number of nitrogens with two attached hydrogens (primary N) is 1. The molecule has 0 atom stereocenters. The van der Waals surface area contributed by atoms with E-state index in [2.05, 4.69) is 40.7 Å². The molecule has 23 heteroatoms. The van der Waals surface area contributed by atoms with Gasteiger partial charge in [-0.25, -0.2) is 48.2 Å². The number of rotatable bonds is 13. The number of H-pyrrole nitrogens is 1. The number of urea groups is 1. The van der Waals surface area contributed by atoms with Crippen molar-refractivity contribution >= 4 is 95.4 Å². The Morgan fingerprint density at radius 1 is 0.576 bits per heavy atom. The van der Waals surface area contributed by atoms with Gasteiger partial charge in [0.25, 0.3) is 0 Å². The fraction of sp³-hybridized carbons (Fsp3) is 0.163. The van der Waals surface area contributed by atoms with E-state index in [0.717, 1.165) is 30.6 Å². The summed E-state index contributed by atoms with van der Waals surface area (Å²) in [5.74, 6) is 0.429. The van der Waals surface area contributed by atoms with Crippen LogP contribution in [-0.4, -0.2) is 79.7 Å². The van der Waals surface area contributed by atoms with E-state index in [1.807, 2.05) is 0 Å². The molecule has 19 nitrogen and oxygen atoms in total. The number of fused-ring (bicyclic) bond motifs is 2. The number of hydrogen-bond acceptors (Lipinski definition) is 16. The van der Waals surface area contributed by atoms with Crippen LogP contribution in [0.4, 0.5) is 33.2 Å². The van der Waals surface area contributed by atoms with Crippen molar-refractivity contribution < 1.29 is 38.5 Å². The Labute approximate surface area is 378 Å². The first kappa shape index (κ1) is 46.9. The van der Waals surface area contributed by atoms with Gasteiger partial charge in [-0.2, -0.15) is 20.3 Å². The van der Waals surface area contributed by atoms with Gasteiger partial charge in [0.1, 0.15) is 17.3 Å². The van der Waals surface area contributed by atoms with Gasteiger partial charge in [0.2, 0.25) is 0 Å². The van der Waals surface area contributed by atoms with E-state index in [4.69, 9.17) is 5.73 Å². The number of aromatic nitrogens is 3. The largest absolute Gasteiger partial charge is 0.351 e. The van der Waals surface area contributed by atoms with Gasteiger partial charge in [-0.05, 0) is 78.2 Å². The number of hydrogen-bond donors (Lipinski definition) is 3. The number of nitrogens with zero attached hydrogens (tertiary/aromatic N) is 6. The van der Waals surface area contributed by atoms with Gasteiger partial charge in [0.05, 0.1) is 42.3 Å². The van der Waals surface area contributed by atoms with Crippen molar-refractivity contribution in [2.24, 2.45) is 26.2 Å². The van der Waals surface area contributed by atoms with E-state index in [9.17, 15) is 43.3 Å². The first-order chi connectivity index (χ1) is 30.8. The number of sulfone groups is 4. The predicted octanol–water partition coefficient (Wildman–Crippen LogP) is 6.90. The summed E-state index contributed by atoms with van der Waals surface area (Å²) in [6, 6.07) is 23.1. The molecule has 0 aliphatic heterocycles. The second-order valence-electron chi connectivity index (χ2n) is 15.4. The zero-order chi connectivity index (χ0) is 47.9. The van der Waals surface area contributed by atoms with E-state index in [0.29, 0.717) is 16.8 Å². The summed E-state index contributed by atoms with van der Waals surface area (Å²) < 4.78 is 101. The van der Waals surface area contributed by atoms with E-state index in [1.54, 1.807) is 31.2 Å². The lowest BCUT2D eigenvalue weighted by atomic mass is 10.1. The van der Waals surface area contributed by atoms with Crippen molar-refractivity contribution in [3.8, 4) is 0 Å². The molecule has 1 heterocycles. The van der Waals surface area contributed by atoms with Crippen LogP contribution in [0.15, 0.2) is 142 Å². The SMILES string of the molecule is Cc1cc(Cc2nc(Cc3ccc(N=Nc4cc(S(C)(=O)=O)c5cccc(S(C)(=O)=O)c5c4)c(NC(N)=O)c3)nc(=O)[nH]2)ccc1N=Nc1cc(S(C)(=O)=O)c2cccc(S(C)(=O)=O)c2c1. The average Bonchev–Trinajstić information content (AvgIpc) is 3.20. The molecule has 7 rings (SSSR count). The van der Waals surface area contributed by atoms with Crippen LogP contribution in [0.25, 0.3) is 21.5 Å². The zero-order valence-electron chi connectivity index (χ0n) is 35.6. The first-order valence-electron chi connectivity index (χ1n) is 19.4. The van der Waals surface area contributed by atoms with Crippen LogP contribution in [0.1, 0.15) is 28.3 Å². The average molecular weight is 970 g/mol. The van der Waals surface area contributed by atoms with Crippen molar-refractivity contribution in [2.75, 3.05) is 30.3 Å². The van der Waals surface area contributed by atoms with E-state index < -0.39 is 51.1 Å². The highest BCUT2D eigenvalue weighted by Crippen LogP contribution is 2.37. The van der Waals surface area contributed by atoms with Gasteiger partial charge in [0, 0.05) is 59.4 Å². The molecule has 66 heavy (non-hydrogen) atoms. The normalized spacial score (nSPS) is 12.7. The summed E-state index contributed by atoms with van der Waals surface area (Å²) >= 11 is 0. The second kappa shape index (κ2) is 17.7. The number of primary amides is 1. The van der Waals surface area contributed by atoms with Gasteiger partial charge in [0.15, 0.2) is 39.3 Å². The third-order valence-electron chi connectivity index (χ3n) is 10.0. The molecule has 340 valence electrons. The molecule has 0 spiro atoms. The Hall–Kier alpha value is -7.08. The van der Waals surface area contributed by atoms with Crippen molar-refractivity contribution in [1.82, 2.24) is 15.0 Å².